The van der Waals surface area contributed by atoms with E-state index in [2.05, 4.69) is 4.74 Å². The molecule has 6 heteroatoms. The number of alkyl halides is 3. The van der Waals surface area contributed by atoms with Gasteiger partial charge in [0.15, 0.2) is 12.1 Å². The van der Waals surface area contributed by atoms with Crippen molar-refractivity contribution in [1.82, 2.24) is 0 Å². The molecule has 0 aromatic heterocycles. The summed E-state index contributed by atoms with van der Waals surface area (Å²) in [6.07, 6.45) is -4.59. The minimum atomic E-state index is -4.90. The Bertz CT molecular complexity index is 424. The number of benzene rings is 1. The van der Waals surface area contributed by atoms with Gasteiger partial charge in [-0.15, -0.1) is 13.2 Å². The molecule has 0 aliphatic carbocycles. The predicted octanol–water partition coefficient (Wildman–Crippen LogP) is 2.60. The van der Waals surface area contributed by atoms with Crippen molar-refractivity contribution in [2.45, 2.75) is 13.3 Å². The summed E-state index contributed by atoms with van der Waals surface area (Å²) >= 11 is 0. The fraction of sp³-hybridized carbons (Fsp3) is 0.200. The van der Waals surface area contributed by atoms with Crippen LogP contribution in [0.4, 0.5) is 13.2 Å². The van der Waals surface area contributed by atoms with Gasteiger partial charge in [-0.3, -0.25) is 9.59 Å². The Morgan fingerprint density at radius 1 is 1.38 bits per heavy atom. The number of carbonyl (C=O) groups excluding carboxylic acids is 2. The van der Waals surface area contributed by atoms with E-state index in [0.29, 0.717) is 6.29 Å². The minimum Gasteiger partial charge on any atom is -0.405 e. The van der Waals surface area contributed by atoms with E-state index in [1.54, 1.807) is 0 Å². The maximum Gasteiger partial charge on any atom is 0.573 e. The van der Waals surface area contributed by atoms with Gasteiger partial charge in [0.05, 0.1) is 5.56 Å². The third-order valence-corrected chi connectivity index (χ3v) is 1.76. The van der Waals surface area contributed by atoms with E-state index in [9.17, 15) is 22.8 Å². The van der Waals surface area contributed by atoms with Gasteiger partial charge in [0.2, 0.25) is 0 Å². The number of aldehydes is 1. The molecule has 0 aliphatic rings. The number of carbonyl (C=O) groups is 2. The molecular weight excluding hydrogens is 225 g/mol. The van der Waals surface area contributed by atoms with Crippen molar-refractivity contribution >= 4 is 12.1 Å². The molecule has 0 radical (unpaired) electrons. The summed E-state index contributed by atoms with van der Waals surface area (Å²) in [6.45, 7) is 1.06. The molecule has 0 amide bonds. The van der Waals surface area contributed by atoms with Crippen LogP contribution in [0.1, 0.15) is 27.6 Å². The van der Waals surface area contributed by atoms with Gasteiger partial charge < -0.3 is 4.74 Å². The molecule has 1 aromatic carbocycles. The molecule has 0 saturated heterocycles. The zero-order chi connectivity index (χ0) is 12.3. The molecule has 0 saturated carbocycles. The van der Waals surface area contributed by atoms with Crippen LogP contribution in [0.15, 0.2) is 18.2 Å². The zero-order valence-electron chi connectivity index (χ0n) is 8.17. The van der Waals surface area contributed by atoms with Crippen molar-refractivity contribution in [1.29, 1.82) is 0 Å². The fourth-order valence-electron chi connectivity index (χ4n) is 1.23. The lowest BCUT2D eigenvalue weighted by atomic mass is 10.0. The number of hydrogen-bond donors (Lipinski definition) is 0. The zero-order valence-corrected chi connectivity index (χ0v) is 8.17. The minimum absolute atomic E-state index is 0.130. The summed E-state index contributed by atoms with van der Waals surface area (Å²) in [7, 11) is 0. The van der Waals surface area contributed by atoms with E-state index in [0.717, 1.165) is 13.0 Å². The van der Waals surface area contributed by atoms with E-state index in [1.807, 2.05) is 0 Å². The summed E-state index contributed by atoms with van der Waals surface area (Å²) in [4.78, 5) is 21.7. The summed E-state index contributed by atoms with van der Waals surface area (Å²) in [5, 5.41) is 0. The number of ether oxygens (including phenoxy) is 1. The topological polar surface area (TPSA) is 43.4 Å². The van der Waals surface area contributed by atoms with Crippen LogP contribution in [0, 0.1) is 0 Å². The van der Waals surface area contributed by atoms with Crippen LogP contribution < -0.4 is 4.74 Å². The molecule has 0 atom stereocenters. The van der Waals surface area contributed by atoms with Gasteiger partial charge in [-0.05, 0) is 13.0 Å². The molecule has 0 unspecified atom stereocenters. The fourth-order valence-corrected chi connectivity index (χ4v) is 1.23. The number of Topliss-reactive ketones (excluding diaryl/α,β-unsaturated/α-hetero) is 1. The molecule has 0 bridgehead atoms. The normalized spacial score (nSPS) is 11.0. The van der Waals surface area contributed by atoms with Crippen LogP contribution in [-0.2, 0) is 0 Å². The molecule has 1 aromatic rings. The average molecular weight is 232 g/mol. The number of halogens is 3. The first-order valence-electron chi connectivity index (χ1n) is 4.20. The Kier molecular flexibility index (Phi) is 3.31. The quantitative estimate of drug-likeness (QED) is 0.594. The molecule has 16 heavy (non-hydrogen) atoms. The Labute approximate surface area is 88.8 Å². The Balaban J connectivity index is 3.28. The Hall–Kier alpha value is -1.85. The van der Waals surface area contributed by atoms with Gasteiger partial charge in [0, 0.05) is 5.56 Å². The maximum absolute atomic E-state index is 12.0. The first-order valence-corrected chi connectivity index (χ1v) is 4.20. The highest BCUT2D eigenvalue weighted by Crippen LogP contribution is 2.28. The number of rotatable bonds is 3. The number of hydrogen-bond acceptors (Lipinski definition) is 3. The maximum atomic E-state index is 12.0. The van der Waals surface area contributed by atoms with Gasteiger partial charge in [-0.25, -0.2) is 0 Å². The van der Waals surface area contributed by atoms with Crippen molar-refractivity contribution in [3.63, 3.8) is 0 Å². The monoisotopic (exact) mass is 232 g/mol. The first-order chi connectivity index (χ1) is 7.35. The van der Waals surface area contributed by atoms with Crippen molar-refractivity contribution in [3.8, 4) is 5.75 Å². The van der Waals surface area contributed by atoms with Crippen molar-refractivity contribution in [3.05, 3.63) is 29.3 Å². The smallest absolute Gasteiger partial charge is 0.405 e. The second-order valence-corrected chi connectivity index (χ2v) is 2.94. The van der Waals surface area contributed by atoms with E-state index < -0.39 is 17.9 Å². The first kappa shape index (κ1) is 12.2. The molecule has 0 heterocycles. The van der Waals surface area contributed by atoms with Gasteiger partial charge in [0.25, 0.3) is 0 Å². The lowest BCUT2D eigenvalue weighted by molar-refractivity contribution is -0.274. The van der Waals surface area contributed by atoms with Crippen LogP contribution in [0.5, 0.6) is 5.75 Å². The highest BCUT2D eigenvalue weighted by Gasteiger charge is 2.33. The highest BCUT2D eigenvalue weighted by atomic mass is 19.4. The molecule has 0 spiro atoms. The van der Waals surface area contributed by atoms with Crippen LogP contribution in [0.25, 0.3) is 0 Å². The van der Waals surface area contributed by atoms with Crippen LogP contribution in [0.2, 0.25) is 0 Å². The lowest BCUT2D eigenvalue weighted by Crippen LogP contribution is -2.19. The molecule has 0 aliphatic heterocycles. The summed E-state index contributed by atoms with van der Waals surface area (Å²) < 4.78 is 39.7. The van der Waals surface area contributed by atoms with Gasteiger partial charge in [0.1, 0.15) is 5.75 Å². The van der Waals surface area contributed by atoms with Crippen LogP contribution in [0.3, 0.4) is 0 Å². The van der Waals surface area contributed by atoms with Crippen molar-refractivity contribution in [2.24, 2.45) is 0 Å². The van der Waals surface area contributed by atoms with E-state index >= 15 is 0 Å². The molecule has 86 valence electrons. The summed E-state index contributed by atoms with van der Waals surface area (Å²) in [5.41, 5.74) is -0.496. The third kappa shape index (κ3) is 2.82. The molecule has 0 fully saturated rings. The van der Waals surface area contributed by atoms with Gasteiger partial charge in [-0.2, -0.15) is 0 Å². The third-order valence-electron chi connectivity index (χ3n) is 1.76. The predicted molar refractivity (Wildman–Crippen MR) is 48.5 cm³/mol. The molecule has 3 nitrogen and oxygen atoms in total. The van der Waals surface area contributed by atoms with Crippen LogP contribution in [-0.4, -0.2) is 18.4 Å². The molecule has 0 N–H and O–H groups in total. The van der Waals surface area contributed by atoms with Crippen molar-refractivity contribution < 1.29 is 27.5 Å². The largest absolute Gasteiger partial charge is 0.573 e. The molecule has 1 rings (SSSR count). The second kappa shape index (κ2) is 4.34. The summed E-state index contributed by atoms with van der Waals surface area (Å²) in [6, 6.07) is 3.43. The van der Waals surface area contributed by atoms with Crippen LogP contribution >= 0.6 is 0 Å². The average Bonchev–Trinajstić information content (AvgIpc) is 2.14. The Morgan fingerprint density at radius 2 is 2.00 bits per heavy atom. The standard InChI is InChI=1S/C10H7F3O3/c1-6(15)9-7(5-14)3-2-4-8(9)16-10(11,12)13/h2-5H,1H3. The van der Waals surface area contributed by atoms with E-state index in [-0.39, 0.29) is 11.1 Å². The lowest BCUT2D eigenvalue weighted by Gasteiger charge is -2.12. The van der Waals surface area contributed by atoms with E-state index in [1.165, 1.54) is 12.1 Å². The van der Waals surface area contributed by atoms with Crippen molar-refractivity contribution in [2.75, 3.05) is 0 Å². The SMILES string of the molecule is CC(=O)c1c(C=O)cccc1OC(F)(F)F. The van der Waals surface area contributed by atoms with Gasteiger partial charge >= 0.3 is 6.36 Å². The Morgan fingerprint density at radius 3 is 2.44 bits per heavy atom. The van der Waals surface area contributed by atoms with E-state index in [4.69, 9.17) is 0 Å². The summed E-state index contributed by atoms with van der Waals surface area (Å²) in [5.74, 6) is -1.33. The highest BCUT2D eigenvalue weighted by molar-refractivity contribution is 6.03. The van der Waals surface area contributed by atoms with Gasteiger partial charge in [-0.1, -0.05) is 12.1 Å². The molecular formula is C10H7F3O3. The number of ketones is 1. The second-order valence-electron chi connectivity index (χ2n) is 2.94.